The van der Waals surface area contributed by atoms with Gasteiger partial charge in [-0.25, -0.2) is 0 Å². The van der Waals surface area contributed by atoms with Crippen molar-refractivity contribution in [1.29, 1.82) is 0 Å². The Morgan fingerprint density at radius 2 is 1.71 bits per heavy atom. The minimum Gasteiger partial charge on any atom is -0.369 e. The Labute approximate surface area is 170 Å². The number of piperazine rings is 1. The molecule has 0 saturated carbocycles. The lowest BCUT2D eigenvalue weighted by Gasteiger charge is -2.38. The van der Waals surface area contributed by atoms with Crippen molar-refractivity contribution in [2.45, 2.75) is 19.3 Å². The van der Waals surface area contributed by atoms with Gasteiger partial charge in [-0.1, -0.05) is 48.0 Å². The lowest BCUT2D eigenvalue weighted by atomic mass is 9.98. The zero-order valence-corrected chi connectivity index (χ0v) is 16.7. The highest BCUT2D eigenvalue weighted by molar-refractivity contribution is 6.30. The highest BCUT2D eigenvalue weighted by Gasteiger charge is 2.40. The first-order valence-corrected chi connectivity index (χ1v) is 10.0. The van der Waals surface area contributed by atoms with Crippen LogP contribution in [0.25, 0.3) is 0 Å². The first kappa shape index (κ1) is 19.0. The Bertz CT molecular complexity index is 879. The number of hydrogen-bond donors (Lipinski definition) is 0. The molecule has 1 atom stereocenters. The van der Waals surface area contributed by atoms with E-state index < -0.39 is 0 Å². The lowest BCUT2D eigenvalue weighted by molar-refractivity contribution is -0.141. The number of carbonyl (C=O) groups is 2. The topological polar surface area (TPSA) is 43.9 Å². The second kappa shape index (κ2) is 7.94. The van der Waals surface area contributed by atoms with Gasteiger partial charge in [-0.15, -0.1) is 0 Å². The maximum Gasteiger partial charge on any atom is 0.238 e. The van der Waals surface area contributed by atoms with Crippen LogP contribution < -0.4 is 4.90 Å². The summed E-state index contributed by atoms with van der Waals surface area (Å²) < 4.78 is 0. The van der Waals surface area contributed by atoms with E-state index in [-0.39, 0.29) is 24.2 Å². The third kappa shape index (κ3) is 3.77. The molecule has 5 nitrogen and oxygen atoms in total. The number of aryl methyl sites for hydroxylation is 1. The number of imide groups is 1. The van der Waals surface area contributed by atoms with Gasteiger partial charge < -0.3 is 4.90 Å². The average molecular weight is 398 g/mol. The van der Waals surface area contributed by atoms with Crippen LogP contribution >= 0.6 is 11.6 Å². The SMILES string of the molecule is Cc1ccc(Cl)cc1N1CCN(CN2C(=O)C[C@@H](c3ccccc3)C2=O)CC1. The van der Waals surface area contributed by atoms with Crippen LogP contribution in [0.1, 0.15) is 23.5 Å². The van der Waals surface area contributed by atoms with Gasteiger partial charge in [0.25, 0.3) is 0 Å². The molecule has 0 spiro atoms. The second-order valence-electron chi connectivity index (χ2n) is 7.50. The van der Waals surface area contributed by atoms with Crippen LogP contribution in [-0.2, 0) is 9.59 Å². The van der Waals surface area contributed by atoms with E-state index >= 15 is 0 Å². The lowest BCUT2D eigenvalue weighted by Crippen LogP contribution is -2.51. The van der Waals surface area contributed by atoms with Gasteiger partial charge in [-0.05, 0) is 30.2 Å². The number of carbonyl (C=O) groups excluding carboxylic acids is 2. The van der Waals surface area contributed by atoms with E-state index in [1.165, 1.54) is 10.5 Å². The van der Waals surface area contributed by atoms with Gasteiger partial charge in [0.1, 0.15) is 0 Å². The summed E-state index contributed by atoms with van der Waals surface area (Å²) in [6, 6.07) is 15.5. The third-order valence-corrected chi connectivity index (χ3v) is 5.91. The Hall–Kier alpha value is -2.37. The van der Waals surface area contributed by atoms with Crippen LogP contribution in [0.2, 0.25) is 5.02 Å². The van der Waals surface area contributed by atoms with Crippen molar-refractivity contribution in [2.75, 3.05) is 37.7 Å². The highest BCUT2D eigenvalue weighted by atomic mass is 35.5. The molecule has 0 N–H and O–H groups in total. The van der Waals surface area contributed by atoms with Gasteiger partial charge in [0, 0.05) is 43.3 Å². The molecular formula is C22H24ClN3O2. The molecule has 0 radical (unpaired) electrons. The molecule has 2 saturated heterocycles. The number of anilines is 1. The average Bonchev–Trinajstić information content (AvgIpc) is 2.99. The zero-order valence-electron chi connectivity index (χ0n) is 16.0. The van der Waals surface area contributed by atoms with Crippen molar-refractivity contribution in [3.63, 3.8) is 0 Å². The van der Waals surface area contributed by atoms with Crippen LogP contribution in [0.5, 0.6) is 0 Å². The van der Waals surface area contributed by atoms with Gasteiger partial charge in [0.2, 0.25) is 11.8 Å². The molecule has 2 aliphatic heterocycles. The summed E-state index contributed by atoms with van der Waals surface area (Å²) in [5, 5.41) is 0.739. The minimum absolute atomic E-state index is 0.0769. The summed E-state index contributed by atoms with van der Waals surface area (Å²) in [6.45, 7) is 5.77. The smallest absolute Gasteiger partial charge is 0.238 e. The van der Waals surface area contributed by atoms with E-state index in [0.29, 0.717) is 6.67 Å². The molecule has 4 rings (SSSR count). The predicted octanol–water partition coefficient (Wildman–Crippen LogP) is 3.27. The summed E-state index contributed by atoms with van der Waals surface area (Å²) in [4.78, 5) is 31.2. The standard InChI is InChI=1S/C22H24ClN3O2/c1-16-7-8-18(23)13-20(16)25-11-9-24(10-12-25)15-26-21(27)14-19(22(26)28)17-5-3-2-4-6-17/h2-8,13,19H,9-12,14-15H2,1H3/t19-/m0/s1. The number of nitrogens with zero attached hydrogens (tertiary/aromatic N) is 3. The molecule has 2 aliphatic rings. The molecule has 2 fully saturated rings. The van der Waals surface area contributed by atoms with Gasteiger partial charge >= 0.3 is 0 Å². The first-order valence-electron chi connectivity index (χ1n) is 9.65. The van der Waals surface area contributed by atoms with E-state index in [4.69, 9.17) is 11.6 Å². The summed E-state index contributed by atoms with van der Waals surface area (Å²) in [5.74, 6) is -0.500. The Kier molecular flexibility index (Phi) is 5.38. The largest absolute Gasteiger partial charge is 0.369 e. The summed E-state index contributed by atoms with van der Waals surface area (Å²) >= 11 is 6.16. The fourth-order valence-corrected chi connectivity index (χ4v) is 4.20. The molecule has 6 heteroatoms. The van der Waals surface area contributed by atoms with Crippen molar-refractivity contribution < 1.29 is 9.59 Å². The number of benzene rings is 2. The number of likely N-dealkylation sites (tertiary alicyclic amines) is 1. The van der Waals surface area contributed by atoms with Crippen molar-refractivity contribution in [2.24, 2.45) is 0 Å². The molecule has 28 heavy (non-hydrogen) atoms. The fraction of sp³-hybridized carbons (Fsp3) is 0.364. The van der Waals surface area contributed by atoms with Crippen molar-refractivity contribution in [3.8, 4) is 0 Å². The summed E-state index contributed by atoms with van der Waals surface area (Å²) in [5.41, 5.74) is 3.28. The van der Waals surface area contributed by atoms with Crippen molar-refractivity contribution in [3.05, 3.63) is 64.7 Å². The van der Waals surface area contributed by atoms with Gasteiger partial charge in [-0.3, -0.25) is 19.4 Å². The molecule has 2 heterocycles. The number of amides is 2. The Balaban J connectivity index is 1.38. The molecule has 2 amide bonds. The van der Waals surface area contributed by atoms with E-state index in [9.17, 15) is 9.59 Å². The van der Waals surface area contributed by atoms with E-state index in [0.717, 1.165) is 42.5 Å². The van der Waals surface area contributed by atoms with Crippen molar-refractivity contribution in [1.82, 2.24) is 9.80 Å². The van der Waals surface area contributed by atoms with Crippen LogP contribution in [-0.4, -0.2) is 54.5 Å². The highest BCUT2D eigenvalue weighted by Crippen LogP contribution is 2.30. The molecule has 0 unspecified atom stereocenters. The van der Waals surface area contributed by atoms with Crippen LogP contribution in [0.15, 0.2) is 48.5 Å². The molecule has 0 aliphatic carbocycles. The Morgan fingerprint density at radius 3 is 2.43 bits per heavy atom. The molecule has 0 aromatic heterocycles. The van der Waals surface area contributed by atoms with Gasteiger partial charge in [0.15, 0.2) is 0 Å². The molecular weight excluding hydrogens is 374 g/mol. The quantitative estimate of drug-likeness (QED) is 0.743. The second-order valence-corrected chi connectivity index (χ2v) is 7.94. The van der Waals surface area contributed by atoms with Gasteiger partial charge in [-0.2, -0.15) is 0 Å². The molecule has 2 aromatic rings. The van der Waals surface area contributed by atoms with E-state index in [1.54, 1.807) is 0 Å². The number of hydrogen-bond acceptors (Lipinski definition) is 4. The monoisotopic (exact) mass is 397 g/mol. The summed E-state index contributed by atoms with van der Waals surface area (Å²) in [6.07, 6.45) is 0.268. The zero-order chi connectivity index (χ0) is 19.7. The minimum atomic E-state index is -0.343. The maximum absolute atomic E-state index is 12.8. The van der Waals surface area contributed by atoms with E-state index in [1.807, 2.05) is 48.5 Å². The first-order chi connectivity index (χ1) is 13.5. The fourth-order valence-electron chi connectivity index (χ4n) is 4.03. The molecule has 0 bridgehead atoms. The number of halogens is 1. The normalized spacial score (nSPS) is 20.9. The molecule has 2 aromatic carbocycles. The number of rotatable bonds is 4. The van der Waals surface area contributed by atoms with Gasteiger partial charge in [0.05, 0.1) is 12.6 Å². The third-order valence-electron chi connectivity index (χ3n) is 5.67. The molecule has 146 valence electrons. The van der Waals surface area contributed by atoms with Crippen molar-refractivity contribution >= 4 is 29.1 Å². The van der Waals surface area contributed by atoms with Crippen LogP contribution in [0.4, 0.5) is 5.69 Å². The maximum atomic E-state index is 12.8. The van der Waals surface area contributed by atoms with E-state index in [2.05, 4.69) is 16.7 Å². The van der Waals surface area contributed by atoms with Crippen LogP contribution in [0, 0.1) is 6.92 Å². The summed E-state index contributed by atoms with van der Waals surface area (Å²) in [7, 11) is 0. The Morgan fingerprint density at radius 1 is 1.00 bits per heavy atom. The predicted molar refractivity (Wildman–Crippen MR) is 110 cm³/mol. The van der Waals surface area contributed by atoms with Crippen LogP contribution in [0.3, 0.4) is 0 Å².